The van der Waals surface area contributed by atoms with Gasteiger partial charge in [-0.15, -0.1) is 0 Å². The quantitative estimate of drug-likeness (QED) is 0.543. The molecular formula is C17H15NO3. The fourth-order valence-corrected chi connectivity index (χ4v) is 2.43. The maximum Gasteiger partial charge on any atom is 0.360 e. The Morgan fingerprint density at radius 1 is 0.952 bits per heavy atom. The number of rotatable bonds is 3. The Morgan fingerprint density at radius 3 is 2.00 bits per heavy atom. The number of hydroxylamine groups is 2. The molecule has 0 aliphatic carbocycles. The molecule has 3 aromatic carbocycles. The molecule has 0 aliphatic heterocycles. The molecule has 0 atom stereocenters. The number of benzene rings is 3. The molecule has 0 saturated heterocycles. The summed E-state index contributed by atoms with van der Waals surface area (Å²) in [5.74, 6) is -0.438. The lowest BCUT2D eigenvalue weighted by Gasteiger charge is -2.15. The maximum atomic E-state index is 12.5. The normalized spacial score (nSPS) is 11.2. The van der Waals surface area contributed by atoms with E-state index in [-0.39, 0.29) is 0 Å². The zero-order chi connectivity index (χ0) is 14.8. The number of hydrogen-bond acceptors (Lipinski definition) is 4. The van der Waals surface area contributed by atoms with Crippen molar-refractivity contribution in [2.45, 2.75) is 0 Å². The van der Waals surface area contributed by atoms with Gasteiger partial charge in [-0.05, 0) is 32.8 Å². The van der Waals surface area contributed by atoms with Crippen molar-refractivity contribution in [2.24, 2.45) is 0 Å². The van der Waals surface area contributed by atoms with Crippen LogP contribution in [0.25, 0.3) is 21.5 Å². The lowest BCUT2D eigenvalue weighted by molar-refractivity contribution is -0.303. The number of hydrogen-bond donors (Lipinski definition) is 0. The summed E-state index contributed by atoms with van der Waals surface area (Å²) < 4.78 is 0. The van der Waals surface area contributed by atoms with Gasteiger partial charge in [0, 0.05) is 0 Å². The van der Waals surface area contributed by atoms with Gasteiger partial charge >= 0.3 is 5.97 Å². The molecule has 0 fully saturated rings. The van der Waals surface area contributed by atoms with E-state index in [0.717, 1.165) is 26.8 Å². The smallest absolute Gasteiger partial charge is 0.338 e. The van der Waals surface area contributed by atoms with Gasteiger partial charge in [-0.25, -0.2) is 4.79 Å². The highest BCUT2D eigenvalue weighted by molar-refractivity contribution is 6.16. The SMILES string of the molecule is CON(C)OC(=O)c1c2ccccc2cc2ccccc12. The van der Waals surface area contributed by atoms with Crippen molar-refractivity contribution in [3.63, 3.8) is 0 Å². The Kier molecular flexibility index (Phi) is 3.56. The fourth-order valence-electron chi connectivity index (χ4n) is 2.43. The van der Waals surface area contributed by atoms with Crippen molar-refractivity contribution in [3.05, 3.63) is 60.2 Å². The van der Waals surface area contributed by atoms with E-state index in [4.69, 9.17) is 9.68 Å². The van der Waals surface area contributed by atoms with E-state index in [2.05, 4.69) is 6.07 Å². The lowest BCUT2D eigenvalue weighted by atomic mass is 9.97. The fraction of sp³-hybridized carbons (Fsp3) is 0.118. The number of fused-ring (bicyclic) bond motifs is 2. The van der Waals surface area contributed by atoms with Crippen LogP contribution in [-0.2, 0) is 9.68 Å². The summed E-state index contributed by atoms with van der Waals surface area (Å²) in [5, 5.41) is 4.78. The predicted octanol–water partition coefficient (Wildman–Crippen LogP) is 3.56. The van der Waals surface area contributed by atoms with Crippen molar-refractivity contribution in [3.8, 4) is 0 Å². The van der Waals surface area contributed by atoms with Crippen LogP contribution in [0.15, 0.2) is 54.6 Å². The summed E-state index contributed by atoms with van der Waals surface area (Å²) in [6.07, 6.45) is 0. The van der Waals surface area contributed by atoms with Gasteiger partial charge in [0.2, 0.25) is 0 Å². The minimum absolute atomic E-state index is 0.438. The Morgan fingerprint density at radius 2 is 1.48 bits per heavy atom. The van der Waals surface area contributed by atoms with E-state index < -0.39 is 5.97 Å². The van der Waals surface area contributed by atoms with Crippen LogP contribution in [-0.4, -0.2) is 25.4 Å². The Labute approximate surface area is 122 Å². The summed E-state index contributed by atoms with van der Waals surface area (Å²) in [6, 6.07) is 17.6. The minimum Gasteiger partial charge on any atom is -0.338 e. The Hall–Kier alpha value is -2.43. The third-order valence-corrected chi connectivity index (χ3v) is 3.44. The molecule has 0 bridgehead atoms. The van der Waals surface area contributed by atoms with Crippen LogP contribution < -0.4 is 0 Å². The molecule has 3 rings (SSSR count). The third kappa shape index (κ3) is 2.46. The van der Waals surface area contributed by atoms with Crippen LogP contribution in [0.1, 0.15) is 10.4 Å². The summed E-state index contributed by atoms with van der Waals surface area (Å²) in [4.78, 5) is 22.5. The highest BCUT2D eigenvalue weighted by Gasteiger charge is 2.18. The standard InChI is InChI=1S/C17H15NO3/c1-18(20-2)21-17(19)16-14-9-5-3-7-12(14)11-13-8-4-6-10-15(13)16/h3-11H,1-2H3. The molecule has 0 amide bonds. The molecule has 0 aromatic heterocycles. The van der Waals surface area contributed by atoms with E-state index in [1.165, 1.54) is 14.2 Å². The third-order valence-electron chi connectivity index (χ3n) is 3.44. The first-order valence-corrected chi connectivity index (χ1v) is 6.61. The van der Waals surface area contributed by atoms with Crippen LogP contribution in [0.3, 0.4) is 0 Å². The molecule has 0 spiro atoms. The number of carbonyl (C=O) groups excluding carboxylic acids is 1. The largest absolute Gasteiger partial charge is 0.360 e. The second-order valence-corrected chi connectivity index (χ2v) is 4.69. The van der Waals surface area contributed by atoms with Crippen LogP contribution in [0.5, 0.6) is 0 Å². The summed E-state index contributed by atoms with van der Waals surface area (Å²) in [7, 11) is 2.97. The molecule has 4 nitrogen and oxygen atoms in total. The monoisotopic (exact) mass is 281 g/mol. The van der Waals surface area contributed by atoms with Crippen LogP contribution in [0, 0.1) is 0 Å². The first-order valence-electron chi connectivity index (χ1n) is 6.61. The average Bonchev–Trinajstić information content (AvgIpc) is 2.52. The minimum atomic E-state index is -0.438. The van der Waals surface area contributed by atoms with Gasteiger partial charge in [-0.2, -0.15) is 0 Å². The molecule has 0 N–H and O–H groups in total. The summed E-state index contributed by atoms with van der Waals surface area (Å²) >= 11 is 0. The highest BCUT2D eigenvalue weighted by atomic mass is 17.0. The van der Waals surface area contributed by atoms with Gasteiger partial charge in [-0.3, -0.25) is 4.84 Å². The predicted molar refractivity (Wildman–Crippen MR) is 81.6 cm³/mol. The lowest BCUT2D eigenvalue weighted by Crippen LogP contribution is -2.22. The molecular weight excluding hydrogens is 266 g/mol. The molecule has 0 unspecified atom stereocenters. The van der Waals surface area contributed by atoms with E-state index in [0.29, 0.717) is 5.56 Å². The second-order valence-electron chi connectivity index (χ2n) is 4.69. The Bertz CT molecular complexity index is 759. The van der Waals surface area contributed by atoms with Gasteiger partial charge in [0.1, 0.15) is 0 Å². The number of nitrogens with zero attached hydrogens (tertiary/aromatic N) is 1. The zero-order valence-electron chi connectivity index (χ0n) is 11.9. The molecule has 4 heteroatoms. The molecule has 0 aliphatic rings. The average molecular weight is 281 g/mol. The van der Waals surface area contributed by atoms with Gasteiger partial charge < -0.3 is 4.84 Å². The molecule has 0 saturated carbocycles. The molecule has 21 heavy (non-hydrogen) atoms. The van der Waals surface area contributed by atoms with Crippen LogP contribution >= 0.6 is 0 Å². The molecule has 3 aromatic rings. The first-order chi connectivity index (χ1) is 10.2. The topological polar surface area (TPSA) is 38.8 Å². The van der Waals surface area contributed by atoms with Crippen molar-refractivity contribution in [1.29, 1.82) is 0 Å². The van der Waals surface area contributed by atoms with Crippen molar-refractivity contribution < 1.29 is 14.5 Å². The van der Waals surface area contributed by atoms with E-state index in [1.54, 1.807) is 0 Å². The summed E-state index contributed by atoms with van der Waals surface area (Å²) in [5.41, 5.74) is 0.549. The van der Waals surface area contributed by atoms with Crippen molar-refractivity contribution >= 4 is 27.5 Å². The first kappa shape index (κ1) is 13.5. The molecule has 106 valence electrons. The highest BCUT2D eigenvalue weighted by Crippen LogP contribution is 2.29. The van der Waals surface area contributed by atoms with E-state index in [9.17, 15) is 4.79 Å². The van der Waals surface area contributed by atoms with Crippen LogP contribution in [0.2, 0.25) is 0 Å². The second kappa shape index (κ2) is 5.52. The summed E-state index contributed by atoms with van der Waals surface area (Å²) in [6.45, 7) is 0. The molecule has 0 heterocycles. The van der Waals surface area contributed by atoms with Gasteiger partial charge in [-0.1, -0.05) is 48.5 Å². The van der Waals surface area contributed by atoms with Gasteiger partial charge in [0.25, 0.3) is 0 Å². The van der Waals surface area contributed by atoms with Crippen molar-refractivity contribution in [2.75, 3.05) is 14.2 Å². The van der Waals surface area contributed by atoms with Crippen molar-refractivity contribution in [1.82, 2.24) is 5.23 Å². The molecule has 0 radical (unpaired) electrons. The number of carbonyl (C=O) groups is 1. The van der Waals surface area contributed by atoms with Gasteiger partial charge in [0.05, 0.1) is 19.7 Å². The van der Waals surface area contributed by atoms with E-state index >= 15 is 0 Å². The van der Waals surface area contributed by atoms with Crippen LogP contribution in [0.4, 0.5) is 0 Å². The maximum absolute atomic E-state index is 12.5. The van der Waals surface area contributed by atoms with Gasteiger partial charge in [0.15, 0.2) is 0 Å². The zero-order valence-corrected chi connectivity index (χ0v) is 11.9. The van der Waals surface area contributed by atoms with E-state index in [1.807, 2.05) is 48.5 Å². The Balaban J connectivity index is 2.27.